The maximum Gasteiger partial charge on any atom is 0.319 e. The van der Waals surface area contributed by atoms with E-state index in [-0.39, 0.29) is 12.6 Å². The van der Waals surface area contributed by atoms with E-state index in [1.165, 1.54) is 7.11 Å². The summed E-state index contributed by atoms with van der Waals surface area (Å²) in [6, 6.07) is 2.65. The largest absolute Gasteiger partial charge is 0.480 e. The number of urea groups is 1. The molecule has 88 valence electrons. The van der Waals surface area contributed by atoms with Gasteiger partial charge in [0.15, 0.2) is 0 Å². The number of anilines is 1. The van der Waals surface area contributed by atoms with Crippen molar-refractivity contribution in [3.63, 3.8) is 0 Å². The number of carbonyl (C=O) groups excluding carboxylic acids is 1. The van der Waals surface area contributed by atoms with Crippen molar-refractivity contribution in [3.05, 3.63) is 18.3 Å². The van der Waals surface area contributed by atoms with Crippen molar-refractivity contribution in [1.29, 1.82) is 0 Å². The normalized spacial score (nSPS) is 11.7. The summed E-state index contributed by atoms with van der Waals surface area (Å²) >= 11 is 0. The Kier molecular flexibility index (Phi) is 4.53. The monoisotopic (exact) mass is 225 g/mol. The summed E-state index contributed by atoms with van der Waals surface area (Å²) in [5.41, 5.74) is 0.479. The zero-order valence-corrected chi connectivity index (χ0v) is 9.23. The van der Waals surface area contributed by atoms with Gasteiger partial charge in [-0.15, -0.1) is 0 Å². The van der Waals surface area contributed by atoms with Crippen LogP contribution in [0.2, 0.25) is 0 Å². The van der Waals surface area contributed by atoms with Gasteiger partial charge in [0.25, 0.3) is 0 Å². The molecule has 0 saturated heterocycles. The van der Waals surface area contributed by atoms with Gasteiger partial charge in [-0.05, 0) is 19.1 Å². The molecule has 16 heavy (non-hydrogen) atoms. The number of aromatic nitrogens is 1. The molecule has 0 aliphatic rings. The SMILES string of the molecule is COc1ncccc1NC(=O)N[C@@H](C)CO. The standard InChI is InChI=1S/C10H15N3O3/c1-7(6-14)12-10(15)13-8-4-3-5-11-9(8)16-2/h3-5,7,14H,6H2,1-2H3,(H2,12,13,15)/t7-/m0/s1. The van der Waals surface area contributed by atoms with Crippen molar-refractivity contribution >= 4 is 11.7 Å². The van der Waals surface area contributed by atoms with Gasteiger partial charge in [0.1, 0.15) is 5.69 Å². The Morgan fingerprint density at radius 2 is 2.44 bits per heavy atom. The predicted molar refractivity (Wildman–Crippen MR) is 59.5 cm³/mol. The molecular formula is C10H15N3O3. The molecular weight excluding hydrogens is 210 g/mol. The lowest BCUT2D eigenvalue weighted by molar-refractivity contribution is 0.229. The first-order valence-corrected chi connectivity index (χ1v) is 4.84. The van der Waals surface area contributed by atoms with E-state index in [2.05, 4.69) is 15.6 Å². The maximum absolute atomic E-state index is 11.4. The van der Waals surface area contributed by atoms with Crippen LogP contribution in [-0.2, 0) is 0 Å². The summed E-state index contributed by atoms with van der Waals surface area (Å²) in [5.74, 6) is 0.342. The summed E-state index contributed by atoms with van der Waals surface area (Å²) in [5, 5.41) is 13.9. The summed E-state index contributed by atoms with van der Waals surface area (Å²) in [4.78, 5) is 15.4. The van der Waals surface area contributed by atoms with Gasteiger partial charge in [-0.25, -0.2) is 9.78 Å². The quantitative estimate of drug-likeness (QED) is 0.700. The number of amides is 2. The van der Waals surface area contributed by atoms with Crippen LogP contribution < -0.4 is 15.4 Å². The molecule has 0 aromatic carbocycles. The number of ether oxygens (including phenoxy) is 1. The number of hydrogen-bond donors (Lipinski definition) is 3. The number of pyridine rings is 1. The van der Waals surface area contributed by atoms with Crippen molar-refractivity contribution < 1.29 is 14.6 Å². The fourth-order valence-electron chi connectivity index (χ4n) is 1.08. The van der Waals surface area contributed by atoms with Crippen molar-refractivity contribution in [1.82, 2.24) is 10.3 Å². The first-order chi connectivity index (χ1) is 7.67. The van der Waals surface area contributed by atoms with E-state index >= 15 is 0 Å². The van der Waals surface area contributed by atoms with Crippen LogP contribution in [0.1, 0.15) is 6.92 Å². The molecule has 1 heterocycles. The second kappa shape index (κ2) is 5.92. The molecule has 0 unspecified atom stereocenters. The smallest absolute Gasteiger partial charge is 0.319 e. The van der Waals surface area contributed by atoms with Gasteiger partial charge in [0.05, 0.1) is 19.8 Å². The Hall–Kier alpha value is -1.82. The van der Waals surface area contributed by atoms with Crippen molar-refractivity contribution in [2.45, 2.75) is 13.0 Å². The summed E-state index contributed by atoms with van der Waals surface area (Å²) < 4.78 is 4.97. The minimum Gasteiger partial charge on any atom is -0.480 e. The van der Waals surface area contributed by atoms with E-state index in [1.54, 1.807) is 25.3 Å². The fourth-order valence-corrected chi connectivity index (χ4v) is 1.08. The molecule has 1 atom stereocenters. The molecule has 1 aromatic heterocycles. The second-order valence-corrected chi connectivity index (χ2v) is 3.24. The first-order valence-electron chi connectivity index (χ1n) is 4.84. The molecule has 1 rings (SSSR count). The van der Waals surface area contributed by atoms with Crippen LogP contribution in [0.3, 0.4) is 0 Å². The summed E-state index contributed by atoms with van der Waals surface area (Å²) in [6.07, 6.45) is 1.57. The average molecular weight is 225 g/mol. The highest BCUT2D eigenvalue weighted by Crippen LogP contribution is 2.19. The van der Waals surface area contributed by atoms with Gasteiger partial charge in [-0.2, -0.15) is 0 Å². The molecule has 0 bridgehead atoms. The number of nitrogens with one attached hydrogen (secondary N) is 2. The molecule has 6 nitrogen and oxygen atoms in total. The van der Waals surface area contributed by atoms with Crippen molar-refractivity contribution in [2.24, 2.45) is 0 Å². The Balaban J connectivity index is 2.62. The number of rotatable bonds is 4. The molecule has 0 radical (unpaired) electrons. The molecule has 3 N–H and O–H groups in total. The average Bonchev–Trinajstić information content (AvgIpc) is 2.29. The molecule has 6 heteroatoms. The van der Waals surface area contributed by atoms with Crippen molar-refractivity contribution in [2.75, 3.05) is 19.0 Å². The van der Waals surface area contributed by atoms with Crippen LogP contribution in [-0.4, -0.2) is 35.9 Å². The number of methoxy groups -OCH3 is 1. The van der Waals surface area contributed by atoms with Crippen molar-refractivity contribution in [3.8, 4) is 5.88 Å². The fraction of sp³-hybridized carbons (Fsp3) is 0.400. The van der Waals surface area contributed by atoms with Crippen LogP contribution in [0.5, 0.6) is 5.88 Å². The highest BCUT2D eigenvalue weighted by atomic mass is 16.5. The molecule has 0 spiro atoms. The third-order valence-electron chi connectivity index (χ3n) is 1.86. The van der Waals surface area contributed by atoms with E-state index in [1.807, 2.05) is 0 Å². The number of aliphatic hydroxyl groups is 1. The zero-order valence-electron chi connectivity index (χ0n) is 9.23. The Morgan fingerprint density at radius 3 is 3.06 bits per heavy atom. The lowest BCUT2D eigenvalue weighted by atomic mass is 10.3. The Morgan fingerprint density at radius 1 is 1.69 bits per heavy atom. The number of aliphatic hydroxyl groups excluding tert-OH is 1. The molecule has 0 aliphatic carbocycles. The lowest BCUT2D eigenvalue weighted by Crippen LogP contribution is -2.38. The minimum atomic E-state index is -0.409. The second-order valence-electron chi connectivity index (χ2n) is 3.24. The van der Waals surface area contributed by atoms with Crippen LogP contribution in [0.4, 0.5) is 10.5 Å². The highest BCUT2D eigenvalue weighted by molar-refractivity contribution is 5.90. The van der Waals surface area contributed by atoms with Crippen LogP contribution in [0, 0.1) is 0 Å². The van der Waals surface area contributed by atoms with Crippen LogP contribution in [0.15, 0.2) is 18.3 Å². The van der Waals surface area contributed by atoms with E-state index < -0.39 is 6.03 Å². The van der Waals surface area contributed by atoms with E-state index in [0.717, 1.165) is 0 Å². The summed E-state index contributed by atoms with van der Waals surface area (Å²) in [6.45, 7) is 1.58. The molecule has 2 amide bonds. The van der Waals surface area contributed by atoms with Gasteiger partial charge in [-0.3, -0.25) is 0 Å². The first kappa shape index (κ1) is 12.3. The van der Waals surface area contributed by atoms with Gasteiger partial charge in [0, 0.05) is 6.20 Å². The highest BCUT2D eigenvalue weighted by Gasteiger charge is 2.09. The van der Waals surface area contributed by atoms with Gasteiger partial charge in [0.2, 0.25) is 5.88 Å². The van der Waals surface area contributed by atoms with Gasteiger partial charge >= 0.3 is 6.03 Å². The maximum atomic E-state index is 11.4. The number of hydrogen-bond acceptors (Lipinski definition) is 4. The van der Waals surface area contributed by atoms with E-state index in [4.69, 9.17) is 9.84 Å². The molecule has 0 fully saturated rings. The molecule has 0 saturated carbocycles. The topological polar surface area (TPSA) is 83.5 Å². The number of carbonyl (C=O) groups is 1. The lowest BCUT2D eigenvalue weighted by Gasteiger charge is -2.13. The summed E-state index contributed by atoms with van der Waals surface area (Å²) in [7, 11) is 1.47. The Labute approximate surface area is 93.6 Å². The zero-order chi connectivity index (χ0) is 12.0. The third kappa shape index (κ3) is 3.39. The van der Waals surface area contributed by atoms with E-state index in [0.29, 0.717) is 11.6 Å². The minimum absolute atomic E-state index is 0.113. The Bertz CT molecular complexity index is 357. The van der Waals surface area contributed by atoms with Gasteiger partial charge < -0.3 is 20.5 Å². The third-order valence-corrected chi connectivity index (χ3v) is 1.86. The predicted octanol–water partition coefficient (Wildman–Crippen LogP) is 0.593. The van der Waals surface area contributed by atoms with E-state index in [9.17, 15) is 4.79 Å². The number of nitrogens with zero attached hydrogens (tertiary/aromatic N) is 1. The molecule has 0 aliphatic heterocycles. The molecule has 1 aromatic rings. The van der Waals surface area contributed by atoms with Crippen LogP contribution >= 0.6 is 0 Å². The van der Waals surface area contributed by atoms with Crippen LogP contribution in [0.25, 0.3) is 0 Å². The van der Waals surface area contributed by atoms with Gasteiger partial charge in [-0.1, -0.05) is 0 Å².